The minimum atomic E-state index is -1.05. The molecule has 1 fully saturated rings. The number of carboxylic acid groups (broad SMARTS) is 1. The van der Waals surface area contributed by atoms with Crippen LogP contribution >= 0.6 is 0 Å². The van der Waals surface area contributed by atoms with E-state index in [9.17, 15) is 4.79 Å². The Balaban J connectivity index is 2.17. The molecule has 2 rings (SSSR count). The van der Waals surface area contributed by atoms with Crippen molar-refractivity contribution in [2.24, 2.45) is 5.92 Å². The van der Waals surface area contributed by atoms with Crippen LogP contribution in [0.2, 0.25) is 0 Å². The number of aromatic nitrogens is 2. The van der Waals surface area contributed by atoms with Crippen LogP contribution in [0.5, 0.6) is 0 Å². The van der Waals surface area contributed by atoms with E-state index in [0.29, 0.717) is 5.89 Å². The molecule has 1 aromatic heterocycles. The first kappa shape index (κ1) is 12.8. The first-order valence-electron chi connectivity index (χ1n) is 5.89. The molecule has 0 spiro atoms. The Labute approximate surface area is 105 Å². The number of hydrogen-bond acceptors (Lipinski definition) is 5. The Morgan fingerprint density at radius 3 is 2.56 bits per heavy atom. The molecule has 1 aliphatic heterocycles. The largest absolute Gasteiger partial charge is 0.478 e. The molecular weight excluding hydrogens is 236 g/mol. The number of aliphatic carboxylic acids is 1. The fourth-order valence-electron chi connectivity index (χ4n) is 2.28. The SMILES string of the molecule is CC1OC(C)C(c2nnc(/C=C/C(=O)O)o2)C1C. The van der Waals surface area contributed by atoms with Gasteiger partial charge in [-0.2, -0.15) is 0 Å². The molecule has 0 bridgehead atoms. The molecule has 0 radical (unpaired) electrons. The van der Waals surface area contributed by atoms with E-state index in [1.807, 2.05) is 13.8 Å². The molecule has 18 heavy (non-hydrogen) atoms. The van der Waals surface area contributed by atoms with Crippen LogP contribution in [-0.2, 0) is 9.53 Å². The highest BCUT2D eigenvalue weighted by atomic mass is 16.5. The number of rotatable bonds is 3. The molecule has 0 amide bonds. The third kappa shape index (κ3) is 2.43. The van der Waals surface area contributed by atoms with Gasteiger partial charge in [0.1, 0.15) is 0 Å². The molecule has 1 aliphatic rings. The van der Waals surface area contributed by atoms with E-state index in [0.717, 1.165) is 6.08 Å². The summed E-state index contributed by atoms with van der Waals surface area (Å²) >= 11 is 0. The third-order valence-electron chi connectivity index (χ3n) is 3.35. The van der Waals surface area contributed by atoms with Crippen LogP contribution < -0.4 is 0 Å². The normalized spacial score (nSPS) is 32.2. The van der Waals surface area contributed by atoms with E-state index in [1.54, 1.807) is 0 Å². The number of ether oxygens (including phenoxy) is 1. The first-order chi connectivity index (χ1) is 8.49. The van der Waals surface area contributed by atoms with Gasteiger partial charge in [0.05, 0.1) is 18.1 Å². The summed E-state index contributed by atoms with van der Waals surface area (Å²) < 4.78 is 11.2. The summed E-state index contributed by atoms with van der Waals surface area (Å²) in [5.41, 5.74) is 0. The van der Waals surface area contributed by atoms with Gasteiger partial charge in [-0.25, -0.2) is 4.79 Å². The Bertz CT molecular complexity index is 468. The molecule has 0 saturated carbocycles. The summed E-state index contributed by atoms with van der Waals surface area (Å²) in [6.45, 7) is 6.07. The Kier molecular flexibility index (Phi) is 3.47. The fraction of sp³-hybridized carbons (Fsp3) is 0.583. The second kappa shape index (κ2) is 4.89. The van der Waals surface area contributed by atoms with Crippen molar-refractivity contribution in [2.75, 3.05) is 0 Å². The summed E-state index contributed by atoms with van der Waals surface area (Å²) in [4.78, 5) is 10.4. The van der Waals surface area contributed by atoms with E-state index in [-0.39, 0.29) is 29.9 Å². The van der Waals surface area contributed by atoms with Gasteiger partial charge in [0.25, 0.3) is 0 Å². The molecule has 6 nitrogen and oxygen atoms in total. The lowest BCUT2D eigenvalue weighted by Crippen LogP contribution is -2.15. The molecule has 1 aromatic rings. The van der Waals surface area contributed by atoms with E-state index in [1.165, 1.54) is 6.08 Å². The van der Waals surface area contributed by atoms with Gasteiger partial charge < -0.3 is 14.3 Å². The quantitative estimate of drug-likeness (QED) is 0.824. The van der Waals surface area contributed by atoms with Crippen LogP contribution in [0, 0.1) is 5.92 Å². The van der Waals surface area contributed by atoms with Crippen LogP contribution in [0.4, 0.5) is 0 Å². The van der Waals surface area contributed by atoms with E-state index < -0.39 is 5.97 Å². The van der Waals surface area contributed by atoms with Gasteiger partial charge in [-0.3, -0.25) is 0 Å². The highest BCUT2D eigenvalue weighted by Crippen LogP contribution is 2.39. The second-order valence-electron chi connectivity index (χ2n) is 4.58. The highest BCUT2D eigenvalue weighted by molar-refractivity contribution is 5.84. The lowest BCUT2D eigenvalue weighted by atomic mass is 9.89. The molecule has 4 atom stereocenters. The topological polar surface area (TPSA) is 85.5 Å². The summed E-state index contributed by atoms with van der Waals surface area (Å²) in [6, 6.07) is 0. The van der Waals surface area contributed by atoms with Gasteiger partial charge in [0, 0.05) is 12.2 Å². The Morgan fingerprint density at radius 2 is 2.00 bits per heavy atom. The molecule has 2 heterocycles. The summed E-state index contributed by atoms with van der Waals surface area (Å²) in [5, 5.41) is 16.3. The van der Waals surface area contributed by atoms with Gasteiger partial charge in [0.2, 0.25) is 11.8 Å². The van der Waals surface area contributed by atoms with Crippen LogP contribution in [0.15, 0.2) is 10.5 Å². The van der Waals surface area contributed by atoms with E-state index in [4.69, 9.17) is 14.3 Å². The average Bonchev–Trinajstić information content (AvgIpc) is 2.83. The maximum atomic E-state index is 10.4. The highest BCUT2D eigenvalue weighted by Gasteiger charge is 2.41. The van der Waals surface area contributed by atoms with Crippen molar-refractivity contribution in [3.05, 3.63) is 17.9 Å². The zero-order valence-corrected chi connectivity index (χ0v) is 10.5. The van der Waals surface area contributed by atoms with E-state index >= 15 is 0 Å². The molecule has 1 saturated heterocycles. The second-order valence-corrected chi connectivity index (χ2v) is 4.58. The van der Waals surface area contributed by atoms with Gasteiger partial charge in [0.15, 0.2) is 0 Å². The van der Waals surface area contributed by atoms with Gasteiger partial charge in [-0.05, 0) is 19.8 Å². The van der Waals surface area contributed by atoms with Crippen molar-refractivity contribution in [2.45, 2.75) is 38.9 Å². The number of carbonyl (C=O) groups is 1. The van der Waals surface area contributed by atoms with Crippen molar-refractivity contribution in [3.8, 4) is 0 Å². The fourth-order valence-corrected chi connectivity index (χ4v) is 2.28. The third-order valence-corrected chi connectivity index (χ3v) is 3.35. The number of nitrogens with zero attached hydrogens (tertiary/aromatic N) is 2. The van der Waals surface area contributed by atoms with Crippen molar-refractivity contribution in [1.29, 1.82) is 0 Å². The summed E-state index contributed by atoms with van der Waals surface area (Å²) in [7, 11) is 0. The van der Waals surface area contributed by atoms with Crippen molar-refractivity contribution >= 4 is 12.0 Å². The lowest BCUT2D eigenvalue weighted by molar-refractivity contribution is -0.131. The van der Waals surface area contributed by atoms with E-state index in [2.05, 4.69) is 17.1 Å². The van der Waals surface area contributed by atoms with Crippen molar-refractivity contribution in [1.82, 2.24) is 10.2 Å². The molecular formula is C12H16N2O4. The Hall–Kier alpha value is -1.69. The van der Waals surface area contributed by atoms with Crippen molar-refractivity contribution in [3.63, 3.8) is 0 Å². The van der Waals surface area contributed by atoms with Crippen LogP contribution in [0.3, 0.4) is 0 Å². The van der Waals surface area contributed by atoms with Crippen molar-refractivity contribution < 1.29 is 19.1 Å². The molecule has 98 valence electrons. The predicted octanol–water partition coefficient (Wildman–Crippen LogP) is 1.69. The maximum Gasteiger partial charge on any atom is 0.328 e. The monoisotopic (exact) mass is 252 g/mol. The van der Waals surface area contributed by atoms with Crippen LogP contribution in [-0.4, -0.2) is 33.5 Å². The predicted molar refractivity (Wildman–Crippen MR) is 62.9 cm³/mol. The summed E-state index contributed by atoms with van der Waals surface area (Å²) in [6.07, 6.45) is 2.42. The van der Waals surface area contributed by atoms with Gasteiger partial charge in [-0.15, -0.1) is 10.2 Å². The standard InChI is InChI=1S/C12H16N2O4/c1-6-7(2)17-8(3)11(6)12-14-13-9(18-12)4-5-10(15)16/h4-8,11H,1-3H3,(H,15,16)/b5-4+. The van der Waals surface area contributed by atoms with Gasteiger partial charge in [-0.1, -0.05) is 6.92 Å². The van der Waals surface area contributed by atoms with Crippen LogP contribution in [0.25, 0.3) is 6.08 Å². The van der Waals surface area contributed by atoms with Gasteiger partial charge >= 0.3 is 5.97 Å². The minimum Gasteiger partial charge on any atom is -0.478 e. The minimum absolute atomic E-state index is 0.0201. The first-order valence-corrected chi connectivity index (χ1v) is 5.89. The Morgan fingerprint density at radius 1 is 1.28 bits per heavy atom. The lowest BCUT2D eigenvalue weighted by Gasteiger charge is -2.13. The zero-order valence-electron chi connectivity index (χ0n) is 10.5. The zero-order chi connectivity index (χ0) is 13.3. The molecule has 4 unspecified atom stereocenters. The number of hydrogen-bond donors (Lipinski definition) is 1. The molecule has 0 aromatic carbocycles. The van der Waals surface area contributed by atoms with Crippen LogP contribution in [0.1, 0.15) is 38.5 Å². The smallest absolute Gasteiger partial charge is 0.328 e. The maximum absolute atomic E-state index is 10.4. The molecule has 0 aliphatic carbocycles. The average molecular weight is 252 g/mol. The molecule has 1 N–H and O–H groups in total. The summed E-state index contributed by atoms with van der Waals surface area (Å²) in [5.74, 6) is 0.00119. The molecule has 6 heteroatoms. The number of carboxylic acids is 1.